The average Bonchev–Trinajstić information content (AvgIpc) is 3.41. The lowest BCUT2D eigenvalue weighted by atomic mass is 10.1. The molecule has 1 aromatic carbocycles. The molecule has 3 rings (SSSR count). The van der Waals surface area contributed by atoms with Gasteiger partial charge < -0.3 is 15.5 Å². The van der Waals surface area contributed by atoms with Crippen molar-refractivity contribution in [3.63, 3.8) is 0 Å². The molecule has 0 saturated heterocycles. The maximum Gasteiger partial charge on any atom is 0.252 e. The Hall–Kier alpha value is -2.67. The highest BCUT2D eigenvalue weighted by molar-refractivity contribution is 7.08. The predicted octanol–water partition coefficient (Wildman–Crippen LogP) is 2.81. The van der Waals surface area contributed by atoms with Crippen LogP contribution in [0.5, 0.6) is 0 Å². The maximum absolute atomic E-state index is 12.7. The van der Waals surface area contributed by atoms with Gasteiger partial charge in [-0.2, -0.15) is 11.3 Å². The predicted molar refractivity (Wildman–Crippen MR) is 109 cm³/mol. The molecule has 0 atom stereocenters. The van der Waals surface area contributed by atoms with Crippen molar-refractivity contribution in [2.75, 3.05) is 13.6 Å². The number of hydrogen-bond acceptors (Lipinski definition) is 4. The maximum atomic E-state index is 12.7. The molecule has 0 spiro atoms. The van der Waals surface area contributed by atoms with Crippen molar-refractivity contribution < 1.29 is 14.4 Å². The van der Waals surface area contributed by atoms with Gasteiger partial charge in [0.1, 0.15) is 0 Å². The standard InChI is InChI=1S/C21H25N3O3S/c1-22-20(26)16-6-4-15(5-7-16)13-24(18-8-9-18)19(25)3-2-11-23-21(27)17-10-12-28-14-17/h4-7,10,12,14,18H,2-3,8-9,11,13H2,1H3,(H,22,26)(H,23,27). The highest BCUT2D eigenvalue weighted by Gasteiger charge is 2.32. The lowest BCUT2D eigenvalue weighted by molar-refractivity contribution is -0.132. The summed E-state index contributed by atoms with van der Waals surface area (Å²) in [6.45, 7) is 1.04. The molecule has 2 N–H and O–H groups in total. The monoisotopic (exact) mass is 399 g/mol. The van der Waals surface area contributed by atoms with Crippen molar-refractivity contribution in [1.29, 1.82) is 0 Å². The lowest BCUT2D eigenvalue weighted by Crippen LogP contribution is -2.33. The Morgan fingerprint density at radius 2 is 1.82 bits per heavy atom. The Balaban J connectivity index is 1.47. The van der Waals surface area contributed by atoms with Gasteiger partial charge >= 0.3 is 0 Å². The first-order valence-electron chi connectivity index (χ1n) is 9.49. The second-order valence-electron chi connectivity index (χ2n) is 6.90. The fourth-order valence-electron chi connectivity index (χ4n) is 2.99. The molecule has 3 amide bonds. The normalized spacial score (nSPS) is 13.0. The van der Waals surface area contributed by atoms with Gasteiger partial charge in [-0.1, -0.05) is 12.1 Å². The first-order chi connectivity index (χ1) is 13.6. The van der Waals surface area contributed by atoms with Gasteiger partial charge in [0, 0.05) is 49.1 Å². The summed E-state index contributed by atoms with van der Waals surface area (Å²) in [7, 11) is 1.60. The summed E-state index contributed by atoms with van der Waals surface area (Å²) in [6, 6.07) is 9.46. The quantitative estimate of drug-likeness (QED) is 0.637. The van der Waals surface area contributed by atoms with E-state index >= 15 is 0 Å². The second-order valence-corrected chi connectivity index (χ2v) is 7.68. The van der Waals surface area contributed by atoms with Crippen LogP contribution in [0.1, 0.15) is 52.0 Å². The van der Waals surface area contributed by atoms with Gasteiger partial charge in [-0.3, -0.25) is 14.4 Å². The van der Waals surface area contributed by atoms with Crippen LogP contribution >= 0.6 is 11.3 Å². The minimum atomic E-state index is -0.119. The molecule has 1 heterocycles. The smallest absolute Gasteiger partial charge is 0.252 e. The summed E-state index contributed by atoms with van der Waals surface area (Å²) in [4.78, 5) is 38.2. The molecule has 1 aliphatic rings. The third-order valence-electron chi connectivity index (χ3n) is 4.74. The molecular formula is C21H25N3O3S. The SMILES string of the molecule is CNC(=O)c1ccc(CN(C(=O)CCCNC(=O)c2ccsc2)C2CC2)cc1. The second kappa shape index (κ2) is 9.50. The zero-order chi connectivity index (χ0) is 19.9. The highest BCUT2D eigenvalue weighted by Crippen LogP contribution is 2.29. The van der Waals surface area contributed by atoms with Gasteiger partial charge in [-0.15, -0.1) is 0 Å². The number of benzene rings is 1. The molecule has 148 valence electrons. The molecule has 0 aliphatic heterocycles. The summed E-state index contributed by atoms with van der Waals surface area (Å²) in [5.41, 5.74) is 2.28. The molecule has 0 bridgehead atoms. The number of nitrogens with zero attached hydrogens (tertiary/aromatic N) is 1. The van der Waals surface area contributed by atoms with Crippen LogP contribution in [-0.2, 0) is 11.3 Å². The lowest BCUT2D eigenvalue weighted by Gasteiger charge is -2.23. The van der Waals surface area contributed by atoms with Gasteiger partial charge in [-0.05, 0) is 48.4 Å². The molecule has 6 nitrogen and oxygen atoms in total. The van der Waals surface area contributed by atoms with Crippen LogP contribution in [0, 0.1) is 0 Å². The Bertz CT molecular complexity index is 814. The summed E-state index contributed by atoms with van der Waals surface area (Å²) >= 11 is 1.49. The van der Waals surface area contributed by atoms with E-state index in [1.165, 1.54) is 11.3 Å². The van der Waals surface area contributed by atoms with Gasteiger partial charge in [-0.25, -0.2) is 0 Å². The van der Waals surface area contributed by atoms with Crippen LogP contribution in [0.15, 0.2) is 41.1 Å². The Morgan fingerprint density at radius 1 is 1.07 bits per heavy atom. The Kier molecular flexibility index (Phi) is 6.81. The minimum absolute atomic E-state index is 0.0936. The zero-order valence-electron chi connectivity index (χ0n) is 15.9. The number of carbonyl (C=O) groups is 3. The minimum Gasteiger partial charge on any atom is -0.355 e. The van der Waals surface area contributed by atoms with Gasteiger partial charge in [0.2, 0.25) is 5.91 Å². The van der Waals surface area contributed by atoms with E-state index in [0.29, 0.717) is 43.1 Å². The molecule has 1 aliphatic carbocycles. The zero-order valence-corrected chi connectivity index (χ0v) is 16.8. The number of thiophene rings is 1. The molecule has 2 aromatic rings. The van der Waals surface area contributed by atoms with Crippen LogP contribution in [-0.4, -0.2) is 42.3 Å². The first-order valence-corrected chi connectivity index (χ1v) is 10.4. The largest absolute Gasteiger partial charge is 0.355 e. The van der Waals surface area contributed by atoms with Crippen molar-refractivity contribution in [2.24, 2.45) is 0 Å². The summed E-state index contributed by atoms with van der Waals surface area (Å²) in [5.74, 6) is -0.0993. The van der Waals surface area contributed by atoms with Crippen molar-refractivity contribution >= 4 is 29.1 Å². The highest BCUT2D eigenvalue weighted by atomic mass is 32.1. The average molecular weight is 400 g/mol. The number of hydrogen-bond donors (Lipinski definition) is 2. The number of carbonyl (C=O) groups excluding carboxylic acids is 3. The van der Waals surface area contributed by atoms with Crippen molar-refractivity contribution in [3.05, 3.63) is 57.8 Å². The van der Waals surface area contributed by atoms with E-state index in [1.807, 2.05) is 27.8 Å². The van der Waals surface area contributed by atoms with E-state index in [4.69, 9.17) is 0 Å². The van der Waals surface area contributed by atoms with E-state index in [9.17, 15) is 14.4 Å². The summed E-state index contributed by atoms with van der Waals surface area (Å²) in [5, 5.41) is 9.13. The molecule has 0 unspecified atom stereocenters. The van der Waals surface area contributed by atoms with Gasteiger partial charge in [0.05, 0.1) is 0 Å². The van der Waals surface area contributed by atoms with Gasteiger partial charge in [0.25, 0.3) is 11.8 Å². The molecule has 1 aromatic heterocycles. The summed E-state index contributed by atoms with van der Waals surface area (Å²) in [6.07, 6.45) is 3.11. The van der Waals surface area contributed by atoms with E-state index < -0.39 is 0 Å². The number of amides is 3. The van der Waals surface area contributed by atoms with Crippen LogP contribution in [0.4, 0.5) is 0 Å². The van der Waals surface area contributed by atoms with Crippen LogP contribution in [0.3, 0.4) is 0 Å². The van der Waals surface area contributed by atoms with Crippen LogP contribution < -0.4 is 10.6 Å². The third-order valence-corrected chi connectivity index (χ3v) is 5.42. The number of rotatable bonds is 9. The van der Waals surface area contributed by atoms with Crippen molar-refractivity contribution in [1.82, 2.24) is 15.5 Å². The molecule has 7 heteroatoms. The van der Waals surface area contributed by atoms with E-state index in [2.05, 4.69) is 10.6 Å². The van der Waals surface area contributed by atoms with Gasteiger partial charge in [0.15, 0.2) is 0 Å². The fraction of sp³-hybridized carbons (Fsp3) is 0.381. The van der Waals surface area contributed by atoms with E-state index in [-0.39, 0.29) is 17.7 Å². The van der Waals surface area contributed by atoms with Crippen LogP contribution in [0.25, 0.3) is 0 Å². The topological polar surface area (TPSA) is 78.5 Å². The molecule has 0 radical (unpaired) electrons. The molecular weight excluding hydrogens is 374 g/mol. The molecule has 28 heavy (non-hydrogen) atoms. The third kappa shape index (κ3) is 5.42. The molecule has 1 fully saturated rings. The Labute approximate surface area is 168 Å². The Morgan fingerprint density at radius 3 is 2.43 bits per heavy atom. The first kappa shape index (κ1) is 20.1. The fourth-order valence-corrected chi connectivity index (χ4v) is 3.63. The van der Waals surface area contributed by atoms with Crippen LogP contribution in [0.2, 0.25) is 0 Å². The number of nitrogens with one attached hydrogen (secondary N) is 2. The summed E-state index contributed by atoms with van der Waals surface area (Å²) < 4.78 is 0. The van der Waals surface area contributed by atoms with E-state index in [1.54, 1.807) is 25.2 Å². The van der Waals surface area contributed by atoms with E-state index in [0.717, 1.165) is 18.4 Å². The van der Waals surface area contributed by atoms with Crippen molar-refractivity contribution in [2.45, 2.75) is 38.3 Å². The molecule has 1 saturated carbocycles. The van der Waals surface area contributed by atoms with Crippen molar-refractivity contribution in [3.8, 4) is 0 Å².